The Kier molecular flexibility index (Phi) is 5.81. The van der Waals surface area contributed by atoms with Crippen LogP contribution in [0.2, 0.25) is 0 Å². The molecule has 84 valence electrons. The molecule has 2 heteroatoms. The Morgan fingerprint density at radius 1 is 1.20 bits per heavy atom. The summed E-state index contributed by atoms with van der Waals surface area (Å²) < 4.78 is 0. The van der Waals surface area contributed by atoms with Crippen LogP contribution in [-0.4, -0.2) is 18.8 Å². The van der Waals surface area contributed by atoms with Gasteiger partial charge < -0.3 is 5.32 Å². The summed E-state index contributed by atoms with van der Waals surface area (Å²) in [5.41, 5.74) is 1.44. The molecule has 0 unspecified atom stereocenters. The number of thioether (sulfide) groups is 1. The van der Waals surface area contributed by atoms with Crippen LogP contribution in [0.1, 0.15) is 25.8 Å². The molecule has 0 bridgehead atoms. The van der Waals surface area contributed by atoms with Crippen LogP contribution in [0.3, 0.4) is 0 Å². The van der Waals surface area contributed by atoms with Gasteiger partial charge in [-0.15, -0.1) is 11.8 Å². The molecule has 0 spiro atoms. The Morgan fingerprint density at radius 2 is 1.87 bits per heavy atom. The average Bonchev–Trinajstić information content (AvgIpc) is 2.25. The molecule has 0 aliphatic rings. The Hall–Kier alpha value is -0.470. The van der Waals surface area contributed by atoms with E-state index in [2.05, 4.69) is 49.7 Å². The van der Waals surface area contributed by atoms with Crippen molar-refractivity contribution in [1.82, 2.24) is 5.32 Å². The zero-order chi connectivity index (χ0) is 11.1. The molecule has 15 heavy (non-hydrogen) atoms. The predicted octanol–water partition coefficient (Wildman–Crippen LogP) is 3.34. The molecule has 0 radical (unpaired) electrons. The summed E-state index contributed by atoms with van der Waals surface area (Å²) in [6.45, 7) is 5.49. The molecular formula is C13H21NS. The van der Waals surface area contributed by atoms with Crippen LogP contribution in [0.25, 0.3) is 0 Å². The Labute approximate surface area is 97.7 Å². The number of hydrogen-bond donors (Lipinski definition) is 1. The maximum atomic E-state index is 3.43. The minimum atomic E-state index is 0.601. The fourth-order valence-corrected chi connectivity index (χ4v) is 1.88. The van der Waals surface area contributed by atoms with Crippen molar-refractivity contribution >= 4 is 11.8 Å². The first-order valence-electron chi connectivity index (χ1n) is 5.58. The normalized spacial score (nSPS) is 10.9. The topological polar surface area (TPSA) is 12.0 Å². The standard InChI is InChI=1S/C13H21NS/c1-11(2)14-10-4-5-12-6-8-13(15-3)9-7-12/h6-9,11,14H,4-5,10H2,1-3H3. The average molecular weight is 223 g/mol. The lowest BCUT2D eigenvalue weighted by atomic mass is 10.1. The van der Waals surface area contributed by atoms with Gasteiger partial charge in [-0.2, -0.15) is 0 Å². The predicted molar refractivity (Wildman–Crippen MR) is 69.7 cm³/mol. The molecule has 1 rings (SSSR count). The molecule has 1 aromatic carbocycles. The van der Waals surface area contributed by atoms with Gasteiger partial charge in [0.05, 0.1) is 0 Å². The minimum absolute atomic E-state index is 0.601. The van der Waals surface area contributed by atoms with E-state index in [0.717, 1.165) is 6.54 Å². The summed E-state index contributed by atoms with van der Waals surface area (Å²) in [6.07, 6.45) is 4.51. The Balaban J connectivity index is 2.25. The van der Waals surface area contributed by atoms with Gasteiger partial charge in [-0.25, -0.2) is 0 Å². The van der Waals surface area contributed by atoms with Gasteiger partial charge in [0.1, 0.15) is 0 Å². The second-order valence-corrected chi connectivity index (χ2v) is 4.94. The van der Waals surface area contributed by atoms with Gasteiger partial charge in [-0.1, -0.05) is 26.0 Å². The van der Waals surface area contributed by atoms with Crippen molar-refractivity contribution in [3.8, 4) is 0 Å². The summed E-state index contributed by atoms with van der Waals surface area (Å²) in [5.74, 6) is 0. The van der Waals surface area contributed by atoms with Gasteiger partial charge in [0.2, 0.25) is 0 Å². The zero-order valence-corrected chi connectivity index (χ0v) is 10.7. The molecule has 1 N–H and O–H groups in total. The van der Waals surface area contributed by atoms with Crippen LogP contribution in [0, 0.1) is 0 Å². The second kappa shape index (κ2) is 6.91. The molecular weight excluding hydrogens is 202 g/mol. The molecule has 1 aromatic rings. The van der Waals surface area contributed by atoms with Gasteiger partial charge in [-0.05, 0) is 43.3 Å². The van der Waals surface area contributed by atoms with E-state index in [9.17, 15) is 0 Å². The van der Waals surface area contributed by atoms with E-state index in [1.165, 1.54) is 23.3 Å². The van der Waals surface area contributed by atoms with Gasteiger partial charge in [0.25, 0.3) is 0 Å². The third kappa shape index (κ3) is 5.24. The van der Waals surface area contributed by atoms with Crippen LogP contribution in [0.4, 0.5) is 0 Å². The van der Waals surface area contributed by atoms with Gasteiger partial charge >= 0.3 is 0 Å². The van der Waals surface area contributed by atoms with Crippen molar-refractivity contribution in [1.29, 1.82) is 0 Å². The van der Waals surface area contributed by atoms with Crippen molar-refractivity contribution in [2.24, 2.45) is 0 Å². The molecule has 0 atom stereocenters. The first kappa shape index (κ1) is 12.6. The van der Waals surface area contributed by atoms with Crippen LogP contribution in [-0.2, 0) is 6.42 Å². The minimum Gasteiger partial charge on any atom is -0.315 e. The van der Waals surface area contributed by atoms with Gasteiger partial charge in [0, 0.05) is 10.9 Å². The fraction of sp³-hybridized carbons (Fsp3) is 0.538. The van der Waals surface area contributed by atoms with E-state index in [-0.39, 0.29) is 0 Å². The molecule has 1 nitrogen and oxygen atoms in total. The van der Waals surface area contributed by atoms with Crippen molar-refractivity contribution in [3.05, 3.63) is 29.8 Å². The molecule has 0 saturated heterocycles. The van der Waals surface area contributed by atoms with E-state index in [0.29, 0.717) is 6.04 Å². The SMILES string of the molecule is CSc1ccc(CCCNC(C)C)cc1. The summed E-state index contributed by atoms with van der Waals surface area (Å²) in [6, 6.07) is 9.48. The van der Waals surface area contributed by atoms with Crippen LogP contribution in [0.5, 0.6) is 0 Å². The number of benzene rings is 1. The van der Waals surface area contributed by atoms with Crippen molar-refractivity contribution in [2.75, 3.05) is 12.8 Å². The summed E-state index contributed by atoms with van der Waals surface area (Å²) in [4.78, 5) is 1.35. The largest absolute Gasteiger partial charge is 0.315 e. The monoisotopic (exact) mass is 223 g/mol. The second-order valence-electron chi connectivity index (χ2n) is 4.06. The zero-order valence-electron chi connectivity index (χ0n) is 9.92. The quantitative estimate of drug-likeness (QED) is 0.586. The number of aryl methyl sites for hydroxylation is 1. The molecule has 0 fully saturated rings. The van der Waals surface area contributed by atoms with Gasteiger partial charge in [0.15, 0.2) is 0 Å². The maximum absolute atomic E-state index is 3.43. The highest BCUT2D eigenvalue weighted by molar-refractivity contribution is 7.98. The van der Waals surface area contributed by atoms with E-state index in [1.807, 2.05) is 0 Å². The highest BCUT2D eigenvalue weighted by Gasteiger charge is 1.95. The van der Waals surface area contributed by atoms with E-state index in [1.54, 1.807) is 11.8 Å². The Bertz CT molecular complexity index is 266. The highest BCUT2D eigenvalue weighted by Crippen LogP contribution is 2.15. The number of nitrogens with one attached hydrogen (secondary N) is 1. The highest BCUT2D eigenvalue weighted by atomic mass is 32.2. The third-order valence-electron chi connectivity index (χ3n) is 2.35. The number of rotatable bonds is 6. The Morgan fingerprint density at radius 3 is 2.40 bits per heavy atom. The lowest BCUT2D eigenvalue weighted by molar-refractivity contribution is 0.570. The fourth-order valence-electron chi connectivity index (χ4n) is 1.48. The van der Waals surface area contributed by atoms with Crippen molar-refractivity contribution in [3.63, 3.8) is 0 Å². The molecule has 0 aliphatic carbocycles. The third-order valence-corrected chi connectivity index (χ3v) is 3.10. The van der Waals surface area contributed by atoms with Crippen molar-refractivity contribution in [2.45, 2.75) is 37.6 Å². The lowest BCUT2D eigenvalue weighted by Crippen LogP contribution is -2.23. The first-order valence-corrected chi connectivity index (χ1v) is 6.81. The summed E-state index contributed by atoms with van der Waals surface area (Å²) in [7, 11) is 0. The number of hydrogen-bond acceptors (Lipinski definition) is 2. The maximum Gasteiger partial charge on any atom is 0.00693 e. The van der Waals surface area contributed by atoms with Crippen LogP contribution < -0.4 is 5.32 Å². The molecule has 0 aromatic heterocycles. The van der Waals surface area contributed by atoms with E-state index in [4.69, 9.17) is 0 Å². The molecule has 0 amide bonds. The summed E-state index contributed by atoms with van der Waals surface area (Å²) in [5, 5.41) is 3.43. The van der Waals surface area contributed by atoms with Crippen LogP contribution >= 0.6 is 11.8 Å². The van der Waals surface area contributed by atoms with Crippen molar-refractivity contribution < 1.29 is 0 Å². The van der Waals surface area contributed by atoms with Crippen LogP contribution in [0.15, 0.2) is 29.2 Å². The molecule has 0 aliphatic heterocycles. The van der Waals surface area contributed by atoms with E-state index < -0.39 is 0 Å². The lowest BCUT2D eigenvalue weighted by Gasteiger charge is -2.07. The molecule has 0 saturated carbocycles. The smallest absolute Gasteiger partial charge is 0.00693 e. The van der Waals surface area contributed by atoms with Gasteiger partial charge in [-0.3, -0.25) is 0 Å². The summed E-state index contributed by atoms with van der Waals surface area (Å²) >= 11 is 1.80. The first-order chi connectivity index (χ1) is 7.22. The van der Waals surface area contributed by atoms with E-state index >= 15 is 0 Å². The molecule has 0 heterocycles.